The maximum atomic E-state index is 11.5. The minimum absolute atomic E-state index is 0.0445. The lowest BCUT2D eigenvalue weighted by atomic mass is 10.1. The standard InChI is InChI=1S/C13H16BrNO3/c14-11-6-9-3-5-18-13(9)10(7-11)8-15-12(17)2-1-4-16/h6-7,16H,1-5,8H2,(H,15,17). The number of ether oxygens (including phenoxy) is 1. The second kappa shape index (κ2) is 6.20. The number of carbonyl (C=O) groups is 1. The van der Waals surface area contributed by atoms with Crippen molar-refractivity contribution in [3.63, 3.8) is 0 Å². The first-order chi connectivity index (χ1) is 8.70. The Hall–Kier alpha value is -1.07. The molecule has 0 saturated carbocycles. The zero-order chi connectivity index (χ0) is 13.0. The molecule has 4 nitrogen and oxygen atoms in total. The SMILES string of the molecule is O=C(CCCO)NCc1cc(Br)cc2c1OCC2. The highest BCUT2D eigenvalue weighted by atomic mass is 79.9. The molecule has 0 saturated heterocycles. The Kier molecular flexibility index (Phi) is 4.60. The van der Waals surface area contributed by atoms with Gasteiger partial charge in [-0.1, -0.05) is 15.9 Å². The summed E-state index contributed by atoms with van der Waals surface area (Å²) in [4.78, 5) is 11.5. The predicted octanol–water partition coefficient (Wildman–Crippen LogP) is 1.77. The molecule has 0 bridgehead atoms. The van der Waals surface area contributed by atoms with Gasteiger partial charge in [0.05, 0.1) is 6.61 Å². The zero-order valence-electron chi connectivity index (χ0n) is 10.0. The molecule has 0 aromatic heterocycles. The first-order valence-corrected chi connectivity index (χ1v) is 6.81. The fraction of sp³-hybridized carbons (Fsp3) is 0.462. The van der Waals surface area contributed by atoms with Crippen LogP contribution in [0.3, 0.4) is 0 Å². The van der Waals surface area contributed by atoms with E-state index < -0.39 is 0 Å². The van der Waals surface area contributed by atoms with Gasteiger partial charge in [-0.15, -0.1) is 0 Å². The summed E-state index contributed by atoms with van der Waals surface area (Å²) in [6.45, 7) is 1.21. The molecule has 1 heterocycles. The van der Waals surface area contributed by atoms with Crippen LogP contribution < -0.4 is 10.1 Å². The quantitative estimate of drug-likeness (QED) is 0.871. The molecule has 0 spiro atoms. The van der Waals surface area contributed by atoms with Gasteiger partial charge in [0.25, 0.3) is 0 Å². The van der Waals surface area contributed by atoms with Crippen LogP contribution in [0.5, 0.6) is 5.75 Å². The molecule has 5 heteroatoms. The van der Waals surface area contributed by atoms with E-state index in [9.17, 15) is 4.79 Å². The van der Waals surface area contributed by atoms with E-state index in [1.54, 1.807) is 0 Å². The highest BCUT2D eigenvalue weighted by Gasteiger charge is 2.17. The van der Waals surface area contributed by atoms with Crippen molar-refractivity contribution in [3.05, 3.63) is 27.7 Å². The number of benzene rings is 1. The molecule has 1 amide bonds. The molecule has 0 aliphatic carbocycles. The first kappa shape index (κ1) is 13.4. The summed E-state index contributed by atoms with van der Waals surface area (Å²) in [6, 6.07) is 4.02. The van der Waals surface area contributed by atoms with Gasteiger partial charge in [-0.2, -0.15) is 0 Å². The third-order valence-electron chi connectivity index (χ3n) is 2.86. The Morgan fingerprint density at radius 1 is 1.50 bits per heavy atom. The molecule has 98 valence electrons. The second-order valence-corrected chi connectivity index (χ2v) is 5.17. The summed E-state index contributed by atoms with van der Waals surface area (Å²) in [5.41, 5.74) is 2.18. The molecule has 2 rings (SSSR count). The minimum Gasteiger partial charge on any atom is -0.493 e. The predicted molar refractivity (Wildman–Crippen MR) is 71.5 cm³/mol. The molecule has 0 unspecified atom stereocenters. The molecule has 1 aliphatic heterocycles. The van der Waals surface area contributed by atoms with Crippen molar-refractivity contribution in [2.45, 2.75) is 25.8 Å². The number of rotatable bonds is 5. The van der Waals surface area contributed by atoms with Gasteiger partial charge in [-0.25, -0.2) is 0 Å². The van der Waals surface area contributed by atoms with E-state index in [-0.39, 0.29) is 12.5 Å². The van der Waals surface area contributed by atoms with Crippen LogP contribution in [0.4, 0.5) is 0 Å². The van der Waals surface area contributed by atoms with E-state index >= 15 is 0 Å². The first-order valence-electron chi connectivity index (χ1n) is 6.02. The maximum Gasteiger partial charge on any atom is 0.220 e. The van der Waals surface area contributed by atoms with Gasteiger partial charge in [0.1, 0.15) is 5.75 Å². The average molecular weight is 314 g/mol. The van der Waals surface area contributed by atoms with Crippen LogP contribution in [0.2, 0.25) is 0 Å². The van der Waals surface area contributed by atoms with Crippen LogP contribution >= 0.6 is 15.9 Å². The molecule has 1 aromatic rings. The van der Waals surface area contributed by atoms with Crippen molar-refractivity contribution < 1.29 is 14.6 Å². The Morgan fingerprint density at radius 2 is 2.33 bits per heavy atom. The van der Waals surface area contributed by atoms with Crippen molar-refractivity contribution in [2.75, 3.05) is 13.2 Å². The molecule has 0 fully saturated rings. The van der Waals surface area contributed by atoms with Crippen molar-refractivity contribution in [3.8, 4) is 5.75 Å². The third-order valence-corrected chi connectivity index (χ3v) is 3.32. The van der Waals surface area contributed by atoms with Crippen molar-refractivity contribution in [1.29, 1.82) is 0 Å². The van der Waals surface area contributed by atoms with Crippen LogP contribution in [0.1, 0.15) is 24.0 Å². The Balaban J connectivity index is 1.99. The number of aliphatic hydroxyl groups excluding tert-OH is 1. The van der Waals surface area contributed by atoms with Gasteiger partial charge in [0.15, 0.2) is 0 Å². The maximum absolute atomic E-state index is 11.5. The molecule has 1 aromatic carbocycles. The summed E-state index contributed by atoms with van der Waals surface area (Å²) in [7, 11) is 0. The fourth-order valence-electron chi connectivity index (χ4n) is 2.00. The molecular weight excluding hydrogens is 298 g/mol. The zero-order valence-corrected chi connectivity index (χ0v) is 11.6. The number of nitrogens with one attached hydrogen (secondary N) is 1. The Morgan fingerprint density at radius 3 is 3.11 bits per heavy atom. The minimum atomic E-state index is -0.0456. The Labute approximate surface area is 114 Å². The summed E-state index contributed by atoms with van der Waals surface area (Å²) < 4.78 is 6.59. The van der Waals surface area contributed by atoms with Gasteiger partial charge in [-0.05, 0) is 24.1 Å². The lowest BCUT2D eigenvalue weighted by Gasteiger charge is -2.10. The number of amides is 1. The molecule has 1 aliphatic rings. The lowest BCUT2D eigenvalue weighted by Crippen LogP contribution is -2.22. The fourth-order valence-corrected chi connectivity index (χ4v) is 2.55. The van der Waals surface area contributed by atoms with E-state index in [0.717, 1.165) is 22.2 Å². The second-order valence-electron chi connectivity index (χ2n) is 4.26. The van der Waals surface area contributed by atoms with E-state index in [2.05, 4.69) is 27.3 Å². The topological polar surface area (TPSA) is 58.6 Å². The van der Waals surface area contributed by atoms with E-state index in [1.165, 1.54) is 5.56 Å². The summed E-state index contributed by atoms with van der Waals surface area (Å²) in [6.07, 6.45) is 1.77. The largest absolute Gasteiger partial charge is 0.493 e. The number of aliphatic hydroxyl groups is 1. The monoisotopic (exact) mass is 313 g/mol. The smallest absolute Gasteiger partial charge is 0.220 e. The van der Waals surface area contributed by atoms with Crippen molar-refractivity contribution in [2.24, 2.45) is 0 Å². The number of hydrogen-bond donors (Lipinski definition) is 2. The summed E-state index contributed by atoms with van der Waals surface area (Å²) in [5, 5.41) is 11.5. The molecular formula is C13H16BrNO3. The van der Waals surface area contributed by atoms with Gasteiger partial charge >= 0.3 is 0 Å². The van der Waals surface area contributed by atoms with Crippen LogP contribution in [0.25, 0.3) is 0 Å². The molecule has 0 atom stereocenters. The van der Waals surface area contributed by atoms with E-state index in [4.69, 9.17) is 9.84 Å². The van der Waals surface area contributed by atoms with Crippen LogP contribution in [0, 0.1) is 0 Å². The average Bonchev–Trinajstić information content (AvgIpc) is 2.81. The van der Waals surface area contributed by atoms with Gasteiger partial charge in [0, 0.05) is 36.0 Å². The molecule has 2 N–H and O–H groups in total. The van der Waals surface area contributed by atoms with Gasteiger partial charge < -0.3 is 15.2 Å². The van der Waals surface area contributed by atoms with Gasteiger partial charge in [-0.3, -0.25) is 4.79 Å². The third kappa shape index (κ3) is 3.23. The highest BCUT2D eigenvalue weighted by molar-refractivity contribution is 9.10. The van der Waals surface area contributed by atoms with Crippen LogP contribution in [-0.2, 0) is 17.8 Å². The van der Waals surface area contributed by atoms with Gasteiger partial charge in [0.2, 0.25) is 5.91 Å². The molecule has 0 radical (unpaired) electrons. The Bertz CT molecular complexity index is 448. The van der Waals surface area contributed by atoms with E-state index in [1.807, 2.05) is 6.07 Å². The normalized spacial score (nSPS) is 13.0. The van der Waals surface area contributed by atoms with Crippen molar-refractivity contribution >= 4 is 21.8 Å². The summed E-state index contributed by atoms with van der Waals surface area (Å²) >= 11 is 3.46. The molecule has 18 heavy (non-hydrogen) atoms. The van der Waals surface area contributed by atoms with E-state index in [0.29, 0.717) is 26.0 Å². The number of carbonyl (C=O) groups excluding carboxylic acids is 1. The number of hydrogen-bond acceptors (Lipinski definition) is 3. The van der Waals surface area contributed by atoms with Crippen LogP contribution in [-0.4, -0.2) is 24.2 Å². The lowest BCUT2D eigenvalue weighted by molar-refractivity contribution is -0.121. The number of fused-ring (bicyclic) bond motifs is 1. The van der Waals surface area contributed by atoms with Crippen molar-refractivity contribution in [1.82, 2.24) is 5.32 Å². The number of halogens is 1. The highest BCUT2D eigenvalue weighted by Crippen LogP contribution is 2.32. The van der Waals surface area contributed by atoms with Crippen LogP contribution in [0.15, 0.2) is 16.6 Å². The summed E-state index contributed by atoms with van der Waals surface area (Å²) in [5.74, 6) is 0.858.